The van der Waals surface area contributed by atoms with E-state index in [-0.39, 0.29) is 22.2 Å². The first kappa shape index (κ1) is 25.9. The molecular weight excluding hydrogens is 493 g/mol. The average Bonchev–Trinajstić information content (AvgIpc) is 2.85. The van der Waals surface area contributed by atoms with E-state index in [0.29, 0.717) is 5.02 Å². The third kappa shape index (κ3) is 6.23. The summed E-state index contributed by atoms with van der Waals surface area (Å²) in [5.41, 5.74) is 2.27. The summed E-state index contributed by atoms with van der Waals surface area (Å²) in [5.74, 6) is -0.446. The molecule has 0 bridgehead atoms. The number of hydrogen-bond donors (Lipinski definition) is 1. The molecule has 1 N–H and O–H groups in total. The van der Waals surface area contributed by atoms with Crippen molar-refractivity contribution in [1.82, 2.24) is 5.32 Å². The maximum atomic E-state index is 13.4. The fourth-order valence-electron chi connectivity index (χ4n) is 3.48. The summed E-state index contributed by atoms with van der Waals surface area (Å²) in [6.07, 6.45) is 0. The van der Waals surface area contributed by atoms with Gasteiger partial charge in [0.2, 0.25) is 5.91 Å². The van der Waals surface area contributed by atoms with Crippen LogP contribution in [0.2, 0.25) is 10.0 Å². The van der Waals surface area contributed by atoms with Crippen molar-refractivity contribution in [2.75, 3.05) is 28.8 Å². The van der Waals surface area contributed by atoms with Gasteiger partial charge in [-0.25, -0.2) is 8.42 Å². The highest BCUT2D eigenvalue weighted by Gasteiger charge is 2.27. The second kappa shape index (κ2) is 11.6. The van der Waals surface area contributed by atoms with Gasteiger partial charge in [0.25, 0.3) is 10.0 Å². The van der Waals surface area contributed by atoms with Gasteiger partial charge in [-0.05, 0) is 61.9 Å². The zero-order valence-corrected chi connectivity index (χ0v) is 21.4. The molecular formula is C25H27Cl2N3O3S. The second-order valence-electron chi connectivity index (χ2n) is 7.54. The summed E-state index contributed by atoms with van der Waals surface area (Å²) < 4.78 is 27.8. The average molecular weight is 520 g/mol. The fourth-order valence-corrected chi connectivity index (χ4v) is 5.20. The summed E-state index contributed by atoms with van der Waals surface area (Å²) in [6.45, 7) is 5.88. The zero-order chi connectivity index (χ0) is 24.7. The number of benzene rings is 3. The van der Waals surface area contributed by atoms with Crippen LogP contribution in [0.5, 0.6) is 0 Å². The van der Waals surface area contributed by atoms with Gasteiger partial charge >= 0.3 is 0 Å². The third-order valence-corrected chi connectivity index (χ3v) is 7.89. The van der Waals surface area contributed by atoms with Crippen molar-refractivity contribution < 1.29 is 13.2 Å². The van der Waals surface area contributed by atoms with E-state index in [9.17, 15) is 13.2 Å². The number of nitrogens with one attached hydrogen (secondary N) is 1. The number of anilines is 2. The molecule has 1 amide bonds. The number of nitrogens with zero attached hydrogens (tertiary/aromatic N) is 2. The number of rotatable bonds is 10. The molecule has 0 aliphatic carbocycles. The molecule has 0 fully saturated rings. The highest BCUT2D eigenvalue weighted by molar-refractivity contribution is 7.92. The van der Waals surface area contributed by atoms with Gasteiger partial charge in [-0.2, -0.15) is 0 Å². The fraction of sp³-hybridized carbons (Fsp3) is 0.240. The maximum absolute atomic E-state index is 13.4. The molecule has 0 atom stereocenters. The van der Waals surface area contributed by atoms with Crippen molar-refractivity contribution >= 4 is 50.5 Å². The lowest BCUT2D eigenvalue weighted by Crippen LogP contribution is -2.40. The van der Waals surface area contributed by atoms with E-state index in [1.807, 2.05) is 24.3 Å². The summed E-state index contributed by atoms with van der Waals surface area (Å²) in [6, 6.07) is 20.3. The van der Waals surface area contributed by atoms with Crippen molar-refractivity contribution in [1.29, 1.82) is 0 Å². The molecule has 0 radical (unpaired) electrons. The quantitative estimate of drug-likeness (QED) is 0.391. The molecule has 0 spiro atoms. The van der Waals surface area contributed by atoms with E-state index in [1.54, 1.807) is 18.2 Å². The van der Waals surface area contributed by atoms with Crippen molar-refractivity contribution in [3.63, 3.8) is 0 Å². The predicted molar refractivity (Wildman–Crippen MR) is 139 cm³/mol. The predicted octanol–water partition coefficient (Wildman–Crippen LogP) is 5.35. The normalized spacial score (nSPS) is 11.2. The molecule has 0 saturated heterocycles. The summed E-state index contributed by atoms with van der Waals surface area (Å²) >= 11 is 12.1. The van der Waals surface area contributed by atoms with Gasteiger partial charge in [0.1, 0.15) is 6.54 Å². The number of carbonyl (C=O) groups excluding carboxylic acids is 1. The first-order chi connectivity index (χ1) is 16.3. The van der Waals surface area contributed by atoms with Crippen LogP contribution < -0.4 is 14.5 Å². The Morgan fingerprint density at radius 1 is 0.853 bits per heavy atom. The van der Waals surface area contributed by atoms with E-state index in [4.69, 9.17) is 23.2 Å². The van der Waals surface area contributed by atoms with Crippen LogP contribution in [0.4, 0.5) is 11.4 Å². The highest BCUT2D eigenvalue weighted by atomic mass is 35.5. The molecule has 0 aliphatic rings. The Morgan fingerprint density at radius 2 is 1.47 bits per heavy atom. The van der Waals surface area contributed by atoms with Gasteiger partial charge in [0, 0.05) is 25.3 Å². The number of amides is 1. The molecule has 0 heterocycles. The van der Waals surface area contributed by atoms with Crippen LogP contribution in [0, 0.1) is 0 Å². The lowest BCUT2D eigenvalue weighted by atomic mass is 10.2. The highest BCUT2D eigenvalue weighted by Crippen LogP contribution is 2.30. The Morgan fingerprint density at radius 3 is 2.06 bits per heavy atom. The van der Waals surface area contributed by atoms with Gasteiger partial charge in [0.05, 0.1) is 20.6 Å². The number of halogens is 2. The van der Waals surface area contributed by atoms with Crippen LogP contribution in [0.25, 0.3) is 0 Å². The van der Waals surface area contributed by atoms with Gasteiger partial charge in [-0.3, -0.25) is 9.10 Å². The topological polar surface area (TPSA) is 69.7 Å². The standard InChI is InChI=1S/C25H27Cl2N3O3S/c1-3-29(4-2)20-12-10-19(11-13-20)17-28-25(31)18-30(21-14-15-23(26)24(27)16-21)34(32,33)22-8-6-5-7-9-22/h5-16H,3-4,17-18H2,1-2H3,(H,28,31). The first-order valence-electron chi connectivity index (χ1n) is 10.9. The van der Waals surface area contributed by atoms with Crippen LogP contribution in [-0.4, -0.2) is 34.0 Å². The molecule has 6 nitrogen and oxygen atoms in total. The van der Waals surface area contributed by atoms with Crippen LogP contribution in [0.3, 0.4) is 0 Å². The van der Waals surface area contributed by atoms with E-state index in [2.05, 4.69) is 24.1 Å². The molecule has 0 aromatic heterocycles. The van der Waals surface area contributed by atoms with Crippen LogP contribution in [0.1, 0.15) is 19.4 Å². The van der Waals surface area contributed by atoms with Gasteiger partial charge in [-0.1, -0.05) is 53.5 Å². The molecule has 3 aromatic carbocycles. The van der Waals surface area contributed by atoms with Crippen molar-refractivity contribution in [3.05, 3.63) is 88.4 Å². The monoisotopic (exact) mass is 519 g/mol. The van der Waals surface area contributed by atoms with E-state index < -0.39 is 22.5 Å². The Bertz CT molecular complexity index is 1220. The maximum Gasteiger partial charge on any atom is 0.264 e. The van der Waals surface area contributed by atoms with Crippen molar-refractivity contribution in [2.24, 2.45) is 0 Å². The summed E-state index contributed by atoms with van der Waals surface area (Å²) in [5, 5.41) is 3.29. The molecule has 9 heteroatoms. The largest absolute Gasteiger partial charge is 0.372 e. The molecule has 34 heavy (non-hydrogen) atoms. The zero-order valence-electron chi connectivity index (χ0n) is 19.0. The van der Waals surface area contributed by atoms with E-state index in [0.717, 1.165) is 28.6 Å². The number of sulfonamides is 1. The molecule has 0 saturated carbocycles. The first-order valence-corrected chi connectivity index (χ1v) is 13.1. The van der Waals surface area contributed by atoms with Crippen LogP contribution in [0.15, 0.2) is 77.7 Å². The Kier molecular flexibility index (Phi) is 8.83. The summed E-state index contributed by atoms with van der Waals surface area (Å²) in [4.78, 5) is 15.1. The second-order valence-corrected chi connectivity index (χ2v) is 10.2. The van der Waals surface area contributed by atoms with E-state index in [1.165, 1.54) is 30.3 Å². The Balaban J connectivity index is 1.78. The lowest BCUT2D eigenvalue weighted by Gasteiger charge is -2.24. The molecule has 3 aromatic rings. The number of hydrogen-bond acceptors (Lipinski definition) is 4. The number of carbonyl (C=O) groups is 1. The minimum absolute atomic E-state index is 0.0702. The van der Waals surface area contributed by atoms with Crippen molar-refractivity contribution in [2.45, 2.75) is 25.3 Å². The van der Waals surface area contributed by atoms with Gasteiger partial charge in [-0.15, -0.1) is 0 Å². The molecule has 3 rings (SSSR count). The van der Waals surface area contributed by atoms with Crippen LogP contribution in [-0.2, 0) is 21.4 Å². The molecule has 0 unspecified atom stereocenters. The third-order valence-electron chi connectivity index (χ3n) is 5.36. The van der Waals surface area contributed by atoms with Crippen molar-refractivity contribution in [3.8, 4) is 0 Å². The smallest absolute Gasteiger partial charge is 0.264 e. The Hall–Kier alpha value is -2.74. The van der Waals surface area contributed by atoms with Crippen LogP contribution >= 0.6 is 23.2 Å². The SMILES string of the molecule is CCN(CC)c1ccc(CNC(=O)CN(c2ccc(Cl)c(Cl)c2)S(=O)(=O)c2ccccc2)cc1. The van der Waals surface area contributed by atoms with E-state index >= 15 is 0 Å². The van der Waals surface area contributed by atoms with Gasteiger partial charge in [0.15, 0.2) is 0 Å². The van der Waals surface area contributed by atoms with Gasteiger partial charge < -0.3 is 10.2 Å². The molecule has 0 aliphatic heterocycles. The summed E-state index contributed by atoms with van der Waals surface area (Å²) in [7, 11) is -4.02. The Labute approximate surface area is 211 Å². The lowest BCUT2D eigenvalue weighted by molar-refractivity contribution is -0.119. The minimum atomic E-state index is -4.02. The molecule has 180 valence electrons. The minimum Gasteiger partial charge on any atom is -0.372 e.